The van der Waals surface area contributed by atoms with Crippen molar-refractivity contribution in [2.45, 2.75) is 16.7 Å². The second-order valence-electron chi connectivity index (χ2n) is 4.84. The van der Waals surface area contributed by atoms with E-state index in [1.54, 1.807) is 12.1 Å². The number of aryl methyl sites for hydroxylation is 1. The molecule has 0 spiro atoms. The second-order valence-corrected chi connectivity index (χ2v) is 9.36. The highest BCUT2D eigenvalue weighted by molar-refractivity contribution is 9.10. The summed E-state index contributed by atoms with van der Waals surface area (Å²) >= 11 is 3.24. The fraction of sp³-hybridized carbons (Fsp3) is 0.143. The third-order valence-corrected chi connectivity index (χ3v) is 6.40. The average molecular weight is 404 g/mol. The van der Waals surface area contributed by atoms with Gasteiger partial charge in [-0.3, -0.25) is 4.72 Å². The minimum absolute atomic E-state index is 0.116. The van der Waals surface area contributed by atoms with E-state index in [1.165, 1.54) is 30.3 Å². The van der Waals surface area contributed by atoms with Crippen LogP contribution in [-0.4, -0.2) is 23.1 Å². The van der Waals surface area contributed by atoms with E-state index in [2.05, 4.69) is 20.7 Å². The summed E-state index contributed by atoms with van der Waals surface area (Å²) in [6.45, 7) is 1.86. The molecule has 2 aromatic rings. The number of rotatable bonds is 4. The van der Waals surface area contributed by atoms with Gasteiger partial charge in [0.1, 0.15) is 4.90 Å². The van der Waals surface area contributed by atoms with Crippen molar-refractivity contribution in [3.8, 4) is 0 Å². The number of anilines is 1. The Morgan fingerprint density at radius 2 is 1.55 bits per heavy atom. The molecule has 0 saturated carbocycles. The maximum atomic E-state index is 12.4. The van der Waals surface area contributed by atoms with Gasteiger partial charge in [-0.25, -0.2) is 16.8 Å². The van der Waals surface area contributed by atoms with E-state index in [1.807, 2.05) is 6.92 Å². The molecule has 2 aromatic carbocycles. The number of hydrogen-bond donors (Lipinski definition) is 1. The van der Waals surface area contributed by atoms with E-state index in [-0.39, 0.29) is 9.79 Å². The third-order valence-electron chi connectivity index (χ3n) is 2.91. The van der Waals surface area contributed by atoms with Gasteiger partial charge >= 0.3 is 0 Å². The lowest BCUT2D eigenvalue weighted by molar-refractivity contribution is 0.600. The summed E-state index contributed by atoms with van der Waals surface area (Å²) in [7, 11) is -7.07. The van der Waals surface area contributed by atoms with Crippen LogP contribution < -0.4 is 4.72 Å². The van der Waals surface area contributed by atoms with Crippen molar-refractivity contribution in [2.24, 2.45) is 0 Å². The Balaban J connectivity index is 2.33. The summed E-state index contributed by atoms with van der Waals surface area (Å²) in [6, 6.07) is 10.5. The molecule has 0 aromatic heterocycles. The van der Waals surface area contributed by atoms with Crippen LogP contribution in [0.2, 0.25) is 0 Å². The van der Waals surface area contributed by atoms with Gasteiger partial charge in [0.25, 0.3) is 10.0 Å². The van der Waals surface area contributed by atoms with E-state index in [9.17, 15) is 16.8 Å². The van der Waals surface area contributed by atoms with Crippen molar-refractivity contribution < 1.29 is 16.8 Å². The van der Waals surface area contributed by atoms with Gasteiger partial charge in [-0.1, -0.05) is 6.07 Å². The standard InChI is InChI=1S/C14H14BrNO4S2/c1-10-3-8-14(13(15)9-10)22(19,20)16-11-4-6-12(7-5-11)21(2,17)18/h3-9,16H,1-2H3. The maximum absolute atomic E-state index is 12.4. The van der Waals surface area contributed by atoms with Crippen molar-refractivity contribution >= 4 is 41.5 Å². The number of nitrogens with one attached hydrogen (secondary N) is 1. The van der Waals surface area contributed by atoms with E-state index < -0.39 is 19.9 Å². The van der Waals surface area contributed by atoms with Crippen LogP contribution in [0.5, 0.6) is 0 Å². The van der Waals surface area contributed by atoms with Gasteiger partial charge < -0.3 is 0 Å². The molecule has 8 heteroatoms. The lowest BCUT2D eigenvalue weighted by Gasteiger charge is -2.10. The van der Waals surface area contributed by atoms with Gasteiger partial charge in [-0.05, 0) is 64.8 Å². The van der Waals surface area contributed by atoms with Crippen molar-refractivity contribution in [3.05, 3.63) is 52.5 Å². The fourth-order valence-corrected chi connectivity index (χ4v) is 4.69. The first-order valence-electron chi connectivity index (χ1n) is 6.19. The molecule has 0 radical (unpaired) electrons. The van der Waals surface area contributed by atoms with Gasteiger partial charge in [0.05, 0.1) is 4.90 Å². The van der Waals surface area contributed by atoms with Crippen LogP contribution in [-0.2, 0) is 19.9 Å². The Labute approximate surface area is 138 Å². The third kappa shape index (κ3) is 3.88. The molecule has 22 heavy (non-hydrogen) atoms. The highest BCUT2D eigenvalue weighted by atomic mass is 79.9. The molecule has 0 heterocycles. The van der Waals surface area contributed by atoms with Crippen molar-refractivity contribution in [2.75, 3.05) is 11.0 Å². The molecule has 0 fully saturated rings. The molecular weight excluding hydrogens is 390 g/mol. The van der Waals surface area contributed by atoms with Gasteiger partial charge in [-0.2, -0.15) is 0 Å². The molecule has 0 amide bonds. The summed E-state index contributed by atoms with van der Waals surface area (Å²) < 4.78 is 50.4. The summed E-state index contributed by atoms with van der Waals surface area (Å²) in [4.78, 5) is 0.247. The van der Waals surface area contributed by atoms with E-state index in [4.69, 9.17) is 0 Å². The minimum Gasteiger partial charge on any atom is -0.280 e. The van der Waals surface area contributed by atoms with Crippen LogP contribution in [0, 0.1) is 6.92 Å². The van der Waals surface area contributed by atoms with E-state index in [0.717, 1.165) is 11.8 Å². The van der Waals surface area contributed by atoms with Gasteiger partial charge in [0.2, 0.25) is 0 Å². The Bertz CT molecular complexity index is 904. The lowest BCUT2D eigenvalue weighted by Crippen LogP contribution is -2.13. The van der Waals surface area contributed by atoms with Gasteiger partial charge in [-0.15, -0.1) is 0 Å². The van der Waals surface area contributed by atoms with Gasteiger partial charge in [0.15, 0.2) is 9.84 Å². The molecule has 0 aliphatic heterocycles. The molecule has 5 nitrogen and oxygen atoms in total. The Kier molecular flexibility index (Phi) is 4.65. The quantitative estimate of drug-likeness (QED) is 0.850. The summed E-state index contributed by atoms with van der Waals surface area (Å²) in [5, 5.41) is 0. The number of sulfonamides is 1. The van der Waals surface area contributed by atoms with Crippen LogP contribution in [0.15, 0.2) is 56.7 Å². The molecule has 0 aliphatic rings. The largest absolute Gasteiger partial charge is 0.280 e. The minimum atomic E-state index is -3.76. The summed E-state index contributed by atoms with van der Waals surface area (Å²) in [5.74, 6) is 0. The SMILES string of the molecule is Cc1ccc(S(=O)(=O)Nc2ccc(S(C)(=O)=O)cc2)c(Br)c1. The summed E-state index contributed by atoms with van der Waals surface area (Å²) in [5.41, 5.74) is 1.23. The van der Waals surface area contributed by atoms with Crippen LogP contribution in [0.3, 0.4) is 0 Å². The number of hydrogen-bond acceptors (Lipinski definition) is 4. The molecule has 0 saturated heterocycles. The highest BCUT2D eigenvalue weighted by Crippen LogP contribution is 2.25. The molecule has 0 atom stereocenters. The first-order valence-corrected chi connectivity index (χ1v) is 10.4. The smallest absolute Gasteiger partial charge is 0.263 e. The van der Waals surface area contributed by atoms with E-state index >= 15 is 0 Å². The second kappa shape index (κ2) is 6.02. The zero-order valence-corrected chi connectivity index (χ0v) is 15.1. The zero-order valence-electron chi connectivity index (χ0n) is 11.9. The van der Waals surface area contributed by atoms with Crippen molar-refractivity contribution in [3.63, 3.8) is 0 Å². The fourth-order valence-electron chi connectivity index (χ4n) is 1.80. The molecular formula is C14H14BrNO4S2. The Morgan fingerprint density at radius 1 is 0.955 bits per heavy atom. The van der Waals surface area contributed by atoms with E-state index in [0.29, 0.717) is 10.2 Å². The first kappa shape index (κ1) is 17.0. The lowest BCUT2D eigenvalue weighted by atomic mass is 10.2. The number of sulfone groups is 1. The average Bonchev–Trinajstić information content (AvgIpc) is 2.37. The monoisotopic (exact) mass is 403 g/mol. The predicted molar refractivity (Wildman–Crippen MR) is 89.2 cm³/mol. The summed E-state index contributed by atoms with van der Waals surface area (Å²) in [6.07, 6.45) is 1.09. The van der Waals surface area contributed by atoms with Gasteiger partial charge in [0, 0.05) is 16.4 Å². The topological polar surface area (TPSA) is 80.3 Å². The molecule has 2 rings (SSSR count). The molecule has 0 unspecified atom stereocenters. The number of benzene rings is 2. The maximum Gasteiger partial charge on any atom is 0.263 e. The van der Waals surface area contributed by atoms with Crippen LogP contribution in [0.25, 0.3) is 0 Å². The Morgan fingerprint density at radius 3 is 2.05 bits per heavy atom. The first-order chi connectivity index (χ1) is 10.1. The molecule has 0 aliphatic carbocycles. The molecule has 118 valence electrons. The van der Waals surface area contributed by atoms with Crippen LogP contribution >= 0.6 is 15.9 Å². The normalized spacial score (nSPS) is 12.1. The van der Waals surface area contributed by atoms with Crippen LogP contribution in [0.4, 0.5) is 5.69 Å². The molecule has 0 bridgehead atoms. The zero-order chi connectivity index (χ0) is 16.5. The van der Waals surface area contributed by atoms with Crippen molar-refractivity contribution in [1.82, 2.24) is 0 Å². The molecule has 1 N–H and O–H groups in total. The Hall–Kier alpha value is -1.38. The predicted octanol–water partition coefficient (Wildman–Crippen LogP) is 2.96. The van der Waals surface area contributed by atoms with Crippen LogP contribution in [0.1, 0.15) is 5.56 Å². The number of halogens is 1. The van der Waals surface area contributed by atoms with Crippen molar-refractivity contribution in [1.29, 1.82) is 0 Å². The highest BCUT2D eigenvalue weighted by Gasteiger charge is 2.18.